The molecule has 7 heteroatoms. The van der Waals surface area contributed by atoms with E-state index in [4.69, 9.17) is 16.3 Å². The van der Waals surface area contributed by atoms with Gasteiger partial charge >= 0.3 is 6.01 Å². The molecule has 106 valence electrons. The molecule has 0 aliphatic heterocycles. The molecule has 0 atom stereocenters. The summed E-state index contributed by atoms with van der Waals surface area (Å²) in [5.41, 5.74) is 0.919. The minimum Gasteiger partial charge on any atom is -0.463 e. The Kier molecular flexibility index (Phi) is 5.06. The lowest BCUT2D eigenvalue weighted by Crippen LogP contribution is -2.20. The van der Waals surface area contributed by atoms with Crippen molar-refractivity contribution < 1.29 is 4.74 Å². The summed E-state index contributed by atoms with van der Waals surface area (Å²) in [4.78, 5) is 18.4. The third-order valence-corrected chi connectivity index (χ3v) is 2.65. The fourth-order valence-electron chi connectivity index (χ4n) is 1.56. The second-order valence-corrected chi connectivity index (χ2v) is 4.55. The SMILES string of the molecule is CCCOc1nc(Cl)nc(N(C)Cc2ccccn2)n1. The molecule has 0 N–H and O–H groups in total. The summed E-state index contributed by atoms with van der Waals surface area (Å²) in [6, 6.07) is 6.00. The van der Waals surface area contributed by atoms with Crippen LogP contribution in [0.1, 0.15) is 19.0 Å². The molecule has 0 saturated carbocycles. The standard InChI is InChI=1S/C13H16ClN5O/c1-3-8-20-13-17-11(14)16-12(18-13)19(2)9-10-6-4-5-7-15-10/h4-7H,3,8-9H2,1-2H3. The van der Waals surface area contributed by atoms with Gasteiger partial charge < -0.3 is 9.64 Å². The van der Waals surface area contributed by atoms with Crippen molar-refractivity contribution in [3.63, 3.8) is 0 Å². The minimum absolute atomic E-state index is 0.119. The molecule has 2 aromatic rings. The highest BCUT2D eigenvalue weighted by Gasteiger charge is 2.11. The van der Waals surface area contributed by atoms with Crippen LogP contribution >= 0.6 is 11.6 Å². The van der Waals surface area contributed by atoms with Gasteiger partial charge in [0.15, 0.2) is 0 Å². The van der Waals surface area contributed by atoms with Crippen LogP contribution in [-0.2, 0) is 6.54 Å². The number of halogens is 1. The molecule has 2 heterocycles. The molecule has 0 saturated heterocycles. The zero-order chi connectivity index (χ0) is 14.4. The zero-order valence-electron chi connectivity index (χ0n) is 11.5. The first-order chi connectivity index (χ1) is 9.69. The Balaban J connectivity index is 2.12. The first-order valence-electron chi connectivity index (χ1n) is 6.34. The van der Waals surface area contributed by atoms with Gasteiger partial charge in [-0.25, -0.2) is 0 Å². The van der Waals surface area contributed by atoms with Gasteiger partial charge in [0, 0.05) is 13.2 Å². The van der Waals surface area contributed by atoms with Crippen LogP contribution in [-0.4, -0.2) is 33.6 Å². The molecule has 2 aromatic heterocycles. The van der Waals surface area contributed by atoms with Crippen molar-refractivity contribution in [1.82, 2.24) is 19.9 Å². The number of pyridine rings is 1. The zero-order valence-corrected chi connectivity index (χ0v) is 12.2. The van der Waals surface area contributed by atoms with Gasteiger partial charge in [0.1, 0.15) is 0 Å². The van der Waals surface area contributed by atoms with Crippen LogP contribution in [0, 0.1) is 0 Å². The van der Waals surface area contributed by atoms with E-state index in [1.54, 1.807) is 6.20 Å². The van der Waals surface area contributed by atoms with Crippen molar-refractivity contribution in [1.29, 1.82) is 0 Å². The first kappa shape index (κ1) is 14.5. The monoisotopic (exact) mass is 293 g/mol. The van der Waals surface area contributed by atoms with Crippen LogP contribution in [0.5, 0.6) is 6.01 Å². The summed E-state index contributed by atoms with van der Waals surface area (Å²) in [6.07, 6.45) is 2.63. The summed E-state index contributed by atoms with van der Waals surface area (Å²) < 4.78 is 5.39. The second kappa shape index (κ2) is 7.00. The van der Waals surface area contributed by atoms with E-state index in [1.165, 1.54) is 0 Å². The van der Waals surface area contributed by atoms with Gasteiger partial charge in [0.2, 0.25) is 11.2 Å². The molecule has 0 aromatic carbocycles. The molecular formula is C13H16ClN5O. The van der Waals surface area contributed by atoms with Crippen molar-refractivity contribution in [3.05, 3.63) is 35.4 Å². The Hall–Kier alpha value is -1.95. The van der Waals surface area contributed by atoms with Crippen LogP contribution in [0.2, 0.25) is 5.28 Å². The minimum atomic E-state index is 0.119. The number of ether oxygens (including phenoxy) is 1. The summed E-state index contributed by atoms with van der Waals surface area (Å²) in [5, 5.41) is 0.119. The van der Waals surface area contributed by atoms with Crippen molar-refractivity contribution in [2.24, 2.45) is 0 Å². The lowest BCUT2D eigenvalue weighted by Gasteiger charge is -2.16. The fraction of sp³-hybridized carbons (Fsp3) is 0.385. The Morgan fingerprint density at radius 3 is 2.80 bits per heavy atom. The van der Waals surface area contributed by atoms with Gasteiger partial charge in [-0.1, -0.05) is 13.0 Å². The van der Waals surface area contributed by atoms with E-state index in [1.807, 2.05) is 37.1 Å². The van der Waals surface area contributed by atoms with Crippen LogP contribution in [0.25, 0.3) is 0 Å². The van der Waals surface area contributed by atoms with Crippen LogP contribution in [0.3, 0.4) is 0 Å². The molecular weight excluding hydrogens is 278 g/mol. The Bertz CT molecular complexity index is 552. The third kappa shape index (κ3) is 4.03. The summed E-state index contributed by atoms with van der Waals surface area (Å²) in [5.74, 6) is 0.460. The number of aromatic nitrogens is 4. The average Bonchev–Trinajstić information content (AvgIpc) is 2.45. The van der Waals surface area contributed by atoms with Crippen molar-refractivity contribution in [2.45, 2.75) is 19.9 Å². The van der Waals surface area contributed by atoms with E-state index in [2.05, 4.69) is 19.9 Å². The second-order valence-electron chi connectivity index (χ2n) is 4.21. The number of nitrogens with zero attached hydrogens (tertiary/aromatic N) is 5. The van der Waals surface area contributed by atoms with Gasteiger partial charge in [-0.15, -0.1) is 0 Å². The Labute approximate surface area is 122 Å². The van der Waals surface area contributed by atoms with Crippen LogP contribution in [0.15, 0.2) is 24.4 Å². The largest absolute Gasteiger partial charge is 0.463 e. The molecule has 20 heavy (non-hydrogen) atoms. The van der Waals surface area contributed by atoms with Crippen molar-refractivity contribution in [2.75, 3.05) is 18.6 Å². The van der Waals surface area contributed by atoms with E-state index < -0.39 is 0 Å². The number of anilines is 1. The van der Waals surface area contributed by atoms with Crippen molar-refractivity contribution in [3.8, 4) is 6.01 Å². The number of hydrogen-bond donors (Lipinski definition) is 0. The molecule has 0 unspecified atom stereocenters. The highest BCUT2D eigenvalue weighted by molar-refractivity contribution is 6.28. The van der Waals surface area contributed by atoms with Crippen LogP contribution < -0.4 is 9.64 Å². The number of rotatable bonds is 6. The maximum absolute atomic E-state index is 5.89. The fourth-order valence-corrected chi connectivity index (χ4v) is 1.70. The molecule has 0 radical (unpaired) electrons. The molecule has 0 aliphatic carbocycles. The van der Waals surface area contributed by atoms with Gasteiger partial charge in [-0.2, -0.15) is 15.0 Å². The van der Waals surface area contributed by atoms with E-state index in [-0.39, 0.29) is 11.3 Å². The maximum atomic E-state index is 5.89. The predicted octanol–water partition coefficient (Wildman–Crippen LogP) is 2.35. The predicted molar refractivity (Wildman–Crippen MR) is 77.0 cm³/mol. The average molecular weight is 294 g/mol. The molecule has 2 rings (SSSR count). The summed E-state index contributed by atoms with van der Waals surface area (Å²) in [7, 11) is 1.87. The molecule has 0 aliphatic rings. The smallest absolute Gasteiger partial charge is 0.322 e. The molecule has 6 nitrogen and oxygen atoms in total. The van der Waals surface area contributed by atoms with Gasteiger partial charge in [-0.05, 0) is 30.2 Å². The van der Waals surface area contributed by atoms with Crippen LogP contribution in [0.4, 0.5) is 5.95 Å². The molecule has 0 fully saturated rings. The third-order valence-electron chi connectivity index (χ3n) is 2.48. The highest BCUT2D eigenvalue weighted by Crippen LogP contribution is 2.15. The first-order valence-corrected chi connectivity index (χ1v) is 6.72. The summed E-state index contributed by atoms with van der Waals surface area (Å²) in [6.45, 7) is 3.13. The van der Waals surface area contributed by atoms with Gasteiger partial charge in [-0.3, -0.25) is 4.98 Å². The van der Waals surface area contributed by atoms with E-state index >= 15 is 0 Å². The molecule has 0 bridgehead atoms. The lowest BCUT2D eigenvalue weighted by atomic mass is 10.3. The molecule has 0 amide bonds. The highest BCUT2D eigenvalue weighted by atomic mass is 35.5. The molecule has 0 spiro atoms. The van der Waals surface area contributed by atoms with Crippen molar-refractivity contribution >= 4 is 17.5 Å². The van der Waals surface area contributed by atoms with E-state index in [0.717, 1.165) is 12.1 Å². The van der Waals surface area contributed by atoms with E-state index in [0.29, 0.717) is 19.1 Å². The van der Waals surface area contributed by atoms with Gasteiger partial charge in [0.05, 0.1) is 18.8 Å². The van der Waals surface area contributed by atoms with E-state index in [9.17, 15) is 0 Å². The lowest BCUT2D eigenvalue weighted by molar-refractivity contribution is 0.291. The normalized spacial score (nSPS) is 10.3. The van der Waals surface area contributed by atoms with Gasteiger partial charge in [0.25, 0.3) is 0 Å². The Morgan fingerprint density at radius 2 is 2.10 bits per heavy atom. The maximum Gasteiger partial charge on any atom is 0.322 e. The Morgan fingerprint density at radius 1 is 1.25 bits per heavy atom. The quantitative estimate of drug-likeness (QED) is 0.814. The number of hydrogen-bond acceptors (Lipinski definition) is 6. The summed E-state index contributed by atoms with van der Waals surface area (Å²) >= 11 is 5.89. The topological polar surface area (TPSA) is 64.0 Å².